The van der Waals surface area contributed by atoms with Crippen molar-refractivity contribution >= 4 is 11.6 Å². The number of rotatable bonds is 2. The quantitative estimate of drug-likeness (QED) is 0.687. The maximum absolute atomic E-state index is 9.66. The summed E-state index contributed by atoms with van der Waals surface area (Å²) >= 11 is 0. The van der Waals surface area contributed by atoms with Crippen molar-refractivity contribution in [2.24, 2.45) is 0 Å². The van der Waals surface area contributed by atoms with Gasteiger partial charge < -0.3 is 16.2 Å². The van der Waals surface area contributed by atoms with Crippen LogP contribution < -0.4 is 11.1 Å². The van der Waals surface area contributed by atoms with Gasteiger partial charge in [-0.15, -0.1) is 5.10 Å². The molecule has 2 rings (SSSR count). The van der Waals surface area contributed by atoms with E-state index in [1.54, 1.807) is 36.0 Å². The molecule has 1 aromatic heterocycles. The molecule has 0 bridgehead atoms. The minimum Gasteiger partial charge on any atom is -0.506 e. The monoisotopic (exact) mass is 204 g/mol. The smallest absolute Gasteiger partial charge is 0.148 e. The fourth-order valence-corrected chi connectivity index (χ4v) is 1.40. The van der Waals surface area contributed by atoms with E-state index in [9.17, 15) is 5.11 Å². The molecule has 0 aliphatic rings. The topological polar surface area (TPSA) is 76.1 Å². The lowest BCUT2D eigenvalue weighted by molar-refractivity contribution is 0.470. The summed E-state index contributed by atoms with van der Waals surface area (Å²) < 4.78 is 1.56. The van der Waals surface area contributed by atoms with Gasteiger partial charge in [0.05, 0.1) is 0 Å². The third-order valence-electron chi connectivity index (χ3n) is 2.09. The Morgan fingerprint density at radius 2 is 2.13 bits per heavy atom. The van der Waals surface area contributed by atoms with E-state index in [2.05, 4.69) is 10.4 Å². The van der Waals surface area contributed by atoms with Crippen LogP contribution in [0.4, 0.5) is 11.6 Å². The van der Waals surface area contributed by atoms with Crippen LogP contribution in [0.25, 0.3) is 5.69 Å². The summed E-state index contributed by atoms with van der Waals surface area (Å²) in [7, 11) is 1.77. The molecule has 0 radical (unpaired) electrons. The molecule has 0 spiro atoms. The molecule has 15 heavy (non-hydrogen) atoms. The number of hydrogen-bond acceptors (Lipinski definition) is 4. The lowest BCUT2D eigenvalue weighted by Gasteiger charge is -2.07. The van der Waals surface area contributed by atoms with E-state index >= 15 is 0 Å². The number of nitrogen functional groups attached to an aromatic ring is 1. The molecule has 1 heterocycles. The van der Waals surface area contributed by atoms with Gasteiger partial charge in [-0.05, 0) is 12.1 Å². The van der Waals surface area contributed by atoms with Crippen molar-refractivity contribution in [2.45, 2.75) is 0 Å². The van der Waals surface area contributed by atoms with Crippen molar-refractivity contribution in [3.63, 3.8) is 0 Å². The molecule has 0 saturated heterocycles. The van der Waals surface area contributed by atoms with Crippen LogP contribution in [0, 0.1) is 0 Å². The summed E-state index contributed by atoms with van der Waals surface area (Å²) in [6.07, 6.45) is 0. The summed E-state index contributed by atoms with van der Waals surface area (Å²) in [6, 6.07) is 8.65. The fraction of sp³-hybridized carbons (Fsp3) is 0.100. The van der Waals surface area contributed by atoms with E-state index < -0.39 is 0 Å². The van der Waals surface area contributed by atoms with Gasteiger partial charge in [0.1, 0.15) is 23.1 Å². The van der Waals surface area contributed by atoms with Gasteiger partial charge in [0.25, 0.3) is 0 Å². The first-order valence-corrected chi connectivity index (χ1v) is 4.54. The van der Waals surface area contributed by atoms with E-state index in [1.165, 1.54) is 0 Å². The van der Waals surface area contributed by atoms with Crippen LogP contribution in [0.1, 0.15) is 0 Å². The van der Waals surface area contributed by atoms with Gasteiger partial charge in [0.2, 0.25) is 0 Å². The number of phenols is 1. The third-order valence-corrected chi connectivity index (χ3v) is 2.09. The molecule has 5 heteroatoms. The van der Waals surface area contributed by atoms with Crippen molar-refractivity contribution in [2.75, 3.05) is 18.1 Å². The molecule has 0 fully saturated rings. The Kier molecular flexibility index (Phi) is 2.21. The zero-order valence-electron chi connectivity index (χ0n) is 8.31. The van der Waals surface area contributed by atoms with Crippen LogP contribution >= 0.6 is 0 Å². The van der Waals surface area contributed by atoms with E-state index in [4.69, 9.17) is 5.73 Å². The second-order valence-corrected chi connectivity index (χ2v) is 3.10. The number of anilines is 2. The Hall–Kier alpha value is -2.17. The highest BCUT2D eigenvalue weighted by atomic mass is 16.3. The van der Waals surface area contributed by atoms with Crippen molar-refractivity contribution in [1.29, 1.82) is 0 Å². The average molecular weight is 204 g/mol. The molecule has 4 N–H and O–H groups in total. The van der Waals surface area contributed by atoms with E-state index in [0.717, 1.165) is 5.82 Å². The number of hydrogen-bond donors (Lipinski definition) is 3. The Morgan fingerprint density at radius 3 is 2.80 bits per heavy atom. The number of aromatic hydroxyl groups is 1. The molecular weight excluding hydrogens is 192 g/mol. The average Bonchev–Trinajstić information content (AvgIpc) is 2.60. The van der Waals surface area contributed by atoms with Gasteiger partial charge in [-0.1, -0.05) is 12.1 Å². The summed E-state index contributed by atoms with van der Waals surface area (Å²) in [4.78, 5) is 0. The second-order valence-electron chi connectivity index (χ2n) is 3.10. The van der Waals surface area contributed by atoms with Crippen LogP contribution in [0.5, 0.6) is 5.75 Å². The number of aromatic nitrogens is 2. The molecule has 2 aromatic rings. The summed E-state index contributed by atoms with van der Waals surface area (Å²) in [6.45, 7) is 0. The first-order chi connectivity index (χ1) is 7.22. The number of nitrogens with one attached hydrogen (secondary N) is 1. The molecule has 0 aliphatic carbocycles. The molecule has 5 nitrogen and oxygen atoms in total. The molecule has 0 atom stereocenters. The molecule has 0 unspecified atom stereocenters. The van der Waals surface area contributed by atoms with Gasteiger partial charge in [0.15, 0.2) is 0 Å². The zero-order valence-corrected chi connectivity index (χ0v) is 8.31. The van der Waals surface area contributed by atoms with Gasteiger partial charge in [-0.3, -0.25) is 0 Å². The molecule has 0 aliphatic heterocycles. The van der Waals surface area contributed by atoms with E-state index in [0.29, 0.717) is 11.5 Å². The van der Waals surface area contributed by atoms with E-state index in [1.807, 2.05) is 6.07 Å². The number of benzene rings is 1. The Balaban J connectivity index is 2.58. The van der Waals surface area contributed by atoms with Gasteiger partial charge in [-0.2, -0.15) is 0 Å². The molecule has 0 amide bonds. The summed E-state index contributed by atoms with van der Waals surface area (Å²) in [5.41, 5.74) is 6.18. The maximum atomic E-state index is 9.66. The highest BCUT2D eigenvalue weighted by Gasteiger charge is 2.09. The van der Waals surface area contributed by atoms with Gasteiger partial charge in [-0.25, -0.2) is 4.68 Å². The van der Waals surface area contributed by atoms with Crippen molar-refractivity contribution in [3.05, 3.63) is 30.3 Å². The standard InChI is InChI=1S/C10H12N4O/c1-12-10-6-9(11)13-14(10)7-4-2-3-5-8(7)15/h2-6,12,15H,1H3,(H2,11,13). The van der Waals surface area contributed by atoms with Crippen LogP contribution in [0.3, 0.4) is 0 Å². The fourth-order valence-electron chi connectivity index (χ4n) is 1.40. The first kappa shape index (κ1) is 9.39. The third kappa shape index (κ3) is 1.59. The minimum atomic E-state index is 0.164. The predicted molar refractivity (Wildman–Crippen MR) is 59.2 cm³/mol. The summed E-state index contributed by atoms with van der Waals surface area (Å²) in [5, 5.41) is 16.7. The van der Waals surface area contributed by atoms with Crippen LogP contribution in [-0.4, -0.2) is 21.9 Å². The molecular formula is C10H12N4O. The number of para-hydroxylation sites is 2. The normalized spacial score (nSPS) is 10.2. The van der Waals surface area contributed by atoms with Crippen molar-refractivity contribution in [1.82, 2.24) is 9.78 Å². The lowest BCUT2D eigenvalue weighted by atomic mass is 10.3. The van der Waals surface area contributed by atoms with Gasteiger partial charge >= 0.3 is 0 Å². The first-order valence-electron chi connectivity index (χ1n) is 4.54. The zero-order chi connectivity index (χ0) is 10.8. The predicted octanol–water partition coefficient (Wildman–Crippen LogP) is 1.20. The molecule has 1 aromatic carbocycles. The number of phenolic OH excluding ortho intramolecular Hbond substituents is 1. The Bertz CT molecular complexity index is 478. The molecule has 78 valence electrons. The number of nitrogens with zero attached hydrogens (tertiary/aromatic N) is 2. The SMILES string of the molecule is CNc1cc(N)nn1-c1ccccc1O. The second kappa shape index (κ2) is 3.53. The van der Waals surface area contributed by atoms with Crippen molar-refractivity contribution in [3.8, 4) is 11.4 Å². The lowest BCUT2D eigenvalue weighted by Crippen LogP contribution is -2.02. The van der Waals surface area contributed by atoms with E-state index in [-0.39, 0.29) is 5.75 Å². The maximum Gasteiger partial charge on any atom is 0.148 e. The van der Waals surface area contributed by atoms with Gasteiger partial charge in [0, 0.05) is 13.1 Å². The van der Waals surface area contributed by atoms with Crippen molar-refractivity contribution < 1.29 is 5.11 Å². The number of nitrogens with two attached hydrogens (primary N) is 1. The Morgan fingerprint density at radius 1 is 1.40 bits per heavy atom. The van der Waals surface area contributed by atoms with Crippen LogP contribution in [0.15, 0.2) is 30.3 Å². The molecule has 0 saturated carbocycles. The highest BCUT2D eigenvalue weighted by Crippen LogP contribution is 2.24. The Labute approximate surface area is 87.1 Å². The summed E-state index contributed by atoms with van der Waals surface area (Å²) in [5.74, 6) is 1.30. The van der Waals surface area contributed by atoms with Crippen LogP contribution in [0.2, 0.25) is 0 Å². The largest absolute Gasteiger partial charge is 0.506 e. The van der Waals surface area contributed by atoms with Crippen LogP contribution in [-0.2, 0) is 0 Å². The highest BCUT2D eigenvalue weighted by molar-refractivity contribution is 5.55. The minimum absolute atomic E-state index is 0.164.